The summed E-state index contributed by atoms with van der Waals surface area (Å²) in [5.41, 5.74) is 17.7. The number of aryl methyl sites for hydroxylation is 7. The first-order chi connectivity index (χ1) is 43.2. The second-order valence-corrected chi connectivity index (χ2v) is 22.2. The summed E-state index contributed by atoms with van der Waals surface area (Å²) in [5, 5.41) is 1.37. The van der Waals surface area contributed by atoms with E-state index in [2.05, 4.69) is 119 Å². The number of para-hydroxylation sites is 1. The molecule has 0 aliphatic carbocycles. The van der Waals surface area contributed by atoms with Crippen LogP contribution in [-0.2, 0) is 6.18 Å². The van der Waals surface area contributed by atoms with Gasteiger partial charge in [0.15, 0.2) is 0 Å². The maximum atomic E-state index is 13.4. The Balaban J connectivity index is 0.000000569. The van der Waals surface area contributed by atoms with E-state index in [-0.39, 0.29) is 61.5 Å². The lowest BCUT2D eigenvalue weighted by Crippen LogP contribution is -2.06. The molecule has 504 valence electrons. The van der Waals surface area contributed by atoms with Crippen LogP contribution in [0.2, 0.25) is 10.0 Å². The predicted octanol–water partition coefficient (Wildman–Crippen LogP) is 28.8. The Kier molecular flexibility index (Phi) is 36.5. The van der Waals surface area contributed by atoms with Gasteiger partial charge < -0.3 is 4.74 Å². The molecule has 0 fully saturated rings. The highest BCUT2D eigenvalue weighted by atomic mass is 35.5. The van der Waals surface area contributed by atoms with Crippen LogP contribution in [0, 0.1) is 65.9 Å². The van der Waals surface area contributed by atoms with Crippen LogP contribution < -0.4 is 4.74 Å². The SMILES string of the molecule is C.C.C.C.C.C.COc1ccccc1-c1ccc(C)cc1.Cc1ccc(-c2c(Cl)cccc2Cl)cc1.Cc1ccc(-c2c(F)cccc2F)cc1.Cc1ccc(-c2ccccc2C(F)(F)F)cc1.Cc1ccc(-c2ccccc2C)cc1.Cc1ccc(-c2ccccc2F)cc1. The molecule has 9 heteroatoms. The molecule has 12 aromatic rings. The van der Waals surface area contributed by atoms with Crippen LogP contribution in [0.3, 0.4) is 0 Å². The minimum absolute atomic E-state index is 0. The number of rotatable bonds is 7. The van der Waals surface area contributed by atoms with E-state index >= 15 is 0 Å². The van der Waals surface area contributed by atoms with Gasteiger partial charge in [0, 0.05) is 26.7 Å². The lowest BCUT2D eigenvalue weighted by Gasteiger charge is -2.12. The summed E-state index contributed by atoms with van der Waals surface area (Å²) in [6.07, 6.45) is -4.32. The van der Waals surface area contributed by atoms with Crippen molar-refractivity contribution in [1.29, 1.82) is 0 Å². The maximum Gasteiger partial charge on any atom is 0.417 e. The first-order valence-corrected chi connectivity index (χ1v) is 29.9. The molecule has 12 aromatic carbocycles. The lowest BCUT2D eigenvalue weighted by molar-refractivity contribution is -0.137. The Bertz CT molecular complexity index is 3960. The second kappa shape index (κ2) is 41.4. The molecule has 0 saturated carbocycles. The van der Waals surface area contributed by atoms with Crippen molar-refractivity contribution in [3.8, 4) is 72.5 Å². The standard InChI is InChI=1S/C14H11F3.C14H14O.C14H14.C13H10Cl2.C13H10F2.C13H11F.6CH4/c1-10-6-8-11(9-7-10)12-4-2-3-5-13(12)14(15,16)17;1-11-7-9-12(10-8-11)13-5-3-4-6-14(13)15-2;1-11-7-9-13(10-8-11)14-6-4-3-5-12(14)2;2*1-9-5-7-10(8-6-9)13-11(14)3-2-4-12(13)15;1-10-6-8-11(9-7-10)12-4-2-3-5-13(12)14;;;;;;/h2-9H,1H3;3-10H,1-2H3;3-10H,1-2H3;2*2-8H,1H3;2-9H,1H3;6*1H4. The number of hydrogen-bond acceptors (Lipinski definition) is 1. The van der Waals surface area contributed by atoms with Crippen molar-refractivity contribution in [2.45, 2.75) is 99.2 Å². The summed E-state index contributed by atoms with van der Waals surface area (Å²) >= 11 is 12.2. The van der Waals surface area contributed by atoms with Gasteiger partial charge in [0.05, 0.1) is 18.2 Å². The van der Waals surface area contributed by atoms with Crippen molar-refractivity contribution in [2.24, 2.45) is 0 Å². The fourth-order valence-corrected chi connectivity index (χ4v) is 9.99. The molecular formula is C87H94Cl2F6O. The third kappa shape index (κ3) is 24.7. The third-order valence-electron chi connectivity index (χ3n) is 14.4. The zero-order valence-corrected chi connectivity index (χ0v) is 53.0. The Morgan fingerprint density at radius 3 is 0.938 bits per heavy atom. The molecule has 0 aromatic heterocycles. The fraction of sp³-hybridized carbons (Fsp3) is 0.172. The number of methoxy groups -OCH3 is 1. The number of alkyl halides is 3. The van der Waals surface area contributed by atoms with E-state index in [0.29, 0.717) is 26.7 Å². The summed E-state index contributed by atoms with van der Waals surface area (Å²) in [6.45, 7) is 14.3. The van der Waals surface area contributed by atoms with Gasteiger partial charge in [-0.2, -0.15) is 13.2 Å². The minimum Gasteiger partial charge on any atom is -0.496 e. The normalized spacial score (nSPS) is 9.79. The van der Waals surface area contributed by atoms with E-state index in [0.717, 1.165) is 45.2 Å². The molecular weight excluding hydrogens is 1250 g/mol. The van der Waals surface area contributed by atoms with Crippen LogP contribution in [-0.4, -0.2) is 7.11 Å². The van der Waals surface area contributed by atoms with Crippen molar-refractivity contribution >= 4 is 23.2 Å². The smallest absolute Gasteiger partial charge is 0.417 e. The maximum absolute atomic E-state index is 13.4. The van der Waals surface area contributed by atoms with Gasteiger partial charge in [0.25, 0.3) is 0 Å². The van der Waals surface area contributed by atoms with E-state index in [1.807, 2.05) is 124 Å². The van der Waals surface area contributed by atoms with Gasteiger partial charge in [-0.05, 0) is 141 Å². The van der Waals surface area contributed by atoms with Gasteiger partial charge in [-0.3, -0.25) is 0 Å². The second-order valence-electron chi connectivity index (χ2n) is 21.4. The largest absolute Gasteiger partial charge is 0.496 e. The molecule has 96 heavy (non-hydrogen) atoms. The average molecular weight is 1340 g/mol. The number of benzene rings is 12. The predicted molar refractivity (Wildman–Crippen MR) is 406 cm³/mol. The zero-order chi connectivity index (χ0) is 64.7. The molecule has 0 saturated heterocycles. The Morgan fingerprint density at radius 1 is 0.271 bits per heavy atom. The van der Waals surface area contributed by atoms with Crippen LogP contribution in [0.1, 0.15) is 89.1 Å². The van der Waals surface area contributed by atoms with Crippen LogP contribution in [0.15, 0.2) is 279 Å². The van der Waals surface area contributed by atoms with Crippen LogP contribution >= 0.6 is 23.2 Å². The van der Waals surface area contributed by atoms with E-state index in [1.165, 1.54) is 80.9 Å². The summed E-state index contributed by atoms with van der Waals surface area (Å²) < 4.78 is 83.9. The molecule has 0 spiro atoms. The van der Waals surface area contributed by atoms with Crippen molar-refractivity contribution < 1.29 is 31.1 Å². The quantitative estimate of drug-likeness (QED) is 0.145. The lowest BCUT2D eigenvalue weighted by atomic mass is 9.98. The van der Waals surface area contributed by atoms with E-state index < -0.39 is 23.4 Å². The molecule has 0 atom stereocenters. The molecule has 1 nitrogen and oxygen atoms in total. The number of hydrogen-bond donors (Lipinski definition) is 0. The van der Waals surface area contributed by atoms with Gasteiger partial charge in [-0.15, -0.1) is 0 Å². The van der Waals surface area contributed by atoms with Gasteiger partial charge >= 0.3 is 6.18 Å². The molecule has 0 N–H and O–H groups in total. The molecule has 0 aliphatic rings. The Labute approximate surface area is 580 Å². The first kappa shape index (κ1) is 84.6. The van der Waals surface area contributed by atoms with E-state index in [4.69, 9.17) is 27.9 Å². The number of ether oxygens (including phenoxy) is 1. The van der Waals surface area contributed by atoms with Gasteiger partial charge in [-0.25, -0.2) is 13.2 Å². The first-order valence-electron chi connectivity index (χ1n) is 29.1. The van der Waals surface area contributed by atoms with Gasteiger partial charge in [0.2, 0.25) is 0 Å². The molecule has 0 heterocycles. The molecule has 0 unspecified atom stereocenters. The molecule has 0 bridgehead atoms. The minimum atomic E-state index is -4.32. The fourth-order valence-electron chi connectivity index (χ4n) is 9.38. The van der Waals surface area contributed by atoms with Crippen molar-refractivity contribution in [1.82, 2.24) is 0 Å². The van der Waals surface area contributed by atoms with Crippen LogP contribution in [0.25, 0.3) is 66.8 Å². The van der Waals surface area contributed by atoms with Crippen molar-refractivity contribution in [3.63, 3.8) is 0 Å². The third-order valence-corrected chi connectivity index (χ3v) is 15.0. The molecule has 12 rings (SSSR count). The summed E-state index contributed by atoms with van der Waals surface area (Å²) in [6, 6.07) is 85.7. The monoisotopic (exact) mass is 1340 g/mol. The zero-order valence-electron chi connectivity index (χ0n) is 51.5. The Morgan fingerprint density at radius 2 is 0.552 bits per heavy atom. The summed E-state index contributed by atoms with van der Waals surface area (Å²) in [5.74, 6) is -0.310. The van der Waals surface area contributed by atoms with Crippen molar-refractivity contribution in [3.05, 3.63) is 351 Å². The number of halogens is 8. The van der Waals surface area contributed by atoms with Crippen LogP contribution in [0.5, 0.6) is 5.75 Å². The highest BCUT2D eigenvalue weighted by molar-refractivity contribution is 6.39. The topological polar surface area (TPSA) is 9.23 Å². The molecule has 0 aliphatic heterocycles. The van der Waals surface area contributed by atoms with Crippen molar-refractivity contribution in [2.75, 3.05) is 7.11 Å². The van der Waals surface area contributed by atoms with Gasteiger partial charge in [0.1, 0.15) is 23.2 Å². The molecule has 0 radical (unpaired) electrons. The highest BCUT2D eigenvalue weighted by Gasteiger charge is 2.33. The van der Waals surface area contributed by atoms with E-state index in [9.17, 15) is 26.3 Å². The average Bonchev–Trinajstić information content (AvgIpc) is 0.867. The Hall–Kier alpha value is -9.40. The highest BCUT2D eigenvalue weighted by Crippen LogP contribution is 2.38. The molecule has 0 amide bonds. The summed E-state index contributed by atoms with van der Waals surface area (Å²) in [7, 11) is 1.70. The van der Waals surface area contributed by atoms with Gasteiger partial charge in [-0.1, -0.05) is 338 Å². The summed E-state index contributed by atoms with van der Waals surface area (Å²) in [4.78, 5) is 0. The van der Waals surface area contributed by atoms with E-state index in [1.54, 1.807) is 49.6 Å². The van der Waals surface area contributed by atoms with Crippen LogP contribution in [0.4, 0.5) is 26.3 Å².